The number of nitrogens with zero attached hydrogens (tertiary/aromatic N) is 2. The summed E-state index contributed by atoms with van der Waals surface area (Å²) in [5.41, 5.74) is 0. The summed E-state index contributed by atoms with van der Waals surface area (Å²) in [6.07, 6.45) is 0. The number of likely N-dealkylation sites (N-methyl/N-ethyl adjacent to an activating group) is 2. The molecule has 120 valence electrons. The van der Waals surface area contributed by atoms with Crippen molar-refractivity contribution in [3.63, 3.8) is 0 Å². The van der Waals surface area contributed by atoms with Crippen molar-refractivity contribution in [1.29, 1.82) is 0 Å². The molecule has 0 radical (unpaired) electrons. The minimum Gasteiger partial charge on any atom is -0.379 e. The summed E-state index contributed by atoms with van der Waals surface area (Å²) in [7, 11) is 3.67. The van der Waals surface area contributed by atoms with Crippen LogP contribution in [0.1, 0.15) is 10.9 Å². The number of hydrogen-bond acceptors (Lipinski definition) is 5. The van der Waals surface area contributed by atoms with E-state index in [9.17, 15) is 4.79 Å². The summed E-state index contributed by atoms with van der Waals surface area (Å²) in [6.45, 7) is 4.51. The zero-order valence-electron chi connectivity index (χ0n) is 12.6. The Hall–Kier alpha value is -0.660. The third-order valence-electron chi connectivity index (χ3n) is 3.56. The van der Waals surface area contributed by atoms with Gasteiger partial charge < -0.3 is 15.0 Å². The minimum absolute atomic E-state index is 0. The number of morpholine rings is 1. The van der Waals surface area contributed by atoms with Crippen molar-refractivity contribution in [3.05, 3.63) is 22.4 Å². The van der Waals surface area contributed by atoms with Crippen LogP contribution in [0.25, 0.3) is 0 Å². The normalized spacial score (nSPS) is 17.0. The Balaban J connectivity index is 0.00000220. The summed E-state index contributed by atoms with van der Waals surface area (Å²) >= 11 is 1.76. The molecule has 1 amide bonds. The molecule has 1 aromatic rings. The molecule has 1 N–H and O–H groups in total. The molecule has 0 aromatic carbocycles. The number of hydrogen-bond donors (Lipinski definition) is 1. The standard InChI is InChI=1S/C14H23N3O2S.ClH/c1-15-10-14(18)16(2)11-12(13-4-3-9-20-13)17-5-7-19-8-6-17;/h3-4,9,12,15H,5-8,10-11H2,1-2H3;1H. The number of rotatable bonds is 6. The zero-order valence-corrected chi connectivity index (χ0v) is 14.2. The Bertz CT molecular complexity index is 410. The van der Waals surface area contributed by atoms with Crippen molar-refractivity contribution in [1.82, 2.24) is 15.1 Å². The number of thiophene rings is 1. The average Bonchev–Trinajstić information content (AvgIpc) is 2.99. The lowest BCUT2D eigenvalue weighted by molar-refractivity contribution is -0.129. The largest absolute Gasteiger partial charge is 0.379 e. The molecule has 1 fully saturated rings. The van der Waals surface area contributed by atoms with Gasteiger partial charge in [0.1, 0.15) is 0 Å². The summed E-state index contributed by atoms with van der Waals surface area (Å²) in [5.74, 6) is 0.127. The van der Waals surface area contributed by atoms with E-state index in [2.05, 4.69) is 27.7 Å². The van der Waals surface area contributed by atoms with Crippen LogP contribution in [0.2, 0.25) is 0 Å². The fraction of sp³-hybridized carbons (Fsp3) is 0.643. The van der Waals surface area contributed by atoms with Gasteiger partial charge in [-0.25, -0.2) is 0 Å². The third kappa shape index (κ3) is 5.23. The molecule has 2 heterocycles. The van der Waals surface area contributed by atoms with Crippen molar-refractivity contribution in [3.8, 4) is 0 Å². The summed E-state index contributed by atoms with van der Waals surface area (Å²) < 4.78 is 5.43. The van der Waals surface area contributed by atoms with Crippen LogP contribution in [-0.4, -0.2) is 69.2 Å². The van der Waals surface area contributed by atoms with E-state index in [-0.39, 0.29) is 24.4 Å². The van der Waals surface area contributed by atoms with E-state index in [1.165, 1.54) is 4.88 Å². The van der Waals surface area contributed by atoms with Gasteiger partial charge in [-0.15, -0.1) is 23.7 Å². The fourth-order valence-electron chi connectivity index (χ4n) is 2.40. The van der Waals surface area contributed by atoms with Gasteiger partial charge in [0.2, 0.25) is 5.91 Å². The quantitative estimate of drug-likeness (QED) is 0.850. The van der Waals surface area contributed by atoms with E-state index in [1.807, 2.05) is 11.9 Å². The highest BCUT2D eigenvalue weighted by molar-refractivity contribution is 7.10. The van der Waals surface area contributed by atoms with E-state index < -0.39 is 0 Å². The first kappa shape index (κ1) is 18.4. The zero-order chi connectivity index (χ0) is 14.4. The maximum atomic E-state index is 12.0. The molecule has 5 nitrogen and oxygen atoms in total. The molecule has 1 unspecified atom stereocenters. The molecule has 0 saturated carbocycles. The summed E-state index contributed by atoms with van der Waals surface area (Å²) in [4.78, 5) is 17.5. The molecule has 0 spiro atoms. The van der Waals surface area contributed by atoms with Crippen molar-refractivity contribution in [2.45, 2.75) is 6.04 Å². The molecule has 1 aliphatic heterocycles. The number of amides is 1. The first-order chi connectivity index (χ1) is 9.72. The first-order valence-corrected chi connectivity index (χ1v) is 7.84. The first-order valence-electron chi connectivity index (χ1n) is 6.96. The minimum atomic E-state index is 0. The van der Waals surface area contributed by atoms with Crippen molar-refractivity contribution in [2.24, 2.45) is 0 Å². The topological polar surface area (TPSA) is 44.8 Å². The number of halogens is 1. The number of ether oxygens (including phenoxy) is 1. The van der Waals surface area contributed by atoms with E-state index in [0.717, 1.165) is 32.8 Å². The smallest absolute Gasteiger partial charge is 0.236 e. The van der Waals surface area contributed by atoms with Gasteiger partial charge in [0, 0.05) is 31.6 Å². The van der Waals surface area contributed by atoms with Crippen LogP contribution in [0.15, 0.2) is 17.5 Å². The highest BCUT2D eigenvalue weighted by atomic mass is 35.5. The number of nitrogens with one attached hydrogen (secondary N) is 1. The third-order valence-corrected chi connectivity index (χ3v) is 4.53. The highest BCUT2D eigenvalue weighted by Gasteiger charge is 2.25. The maximum Gasteiger partial charge on any atom is 0.236 e. The van der Waals surface area contributed by atoms with Crippen LogP contribution in [0, 0.1) is 0 Å². The van der Waals surface area contributed by atoms with Gasteiger partial charge >= 0.3 is 0 Å². The Labute approximate surface area is 136 Å². The van der Waals surface area contributed by atoms with Gasteiger partial charge in [0.15, 0.2) is 0 Å². The van der Waals surface area contributed by atoms with Gasteiger partial charge in [0.05, 0.1) is 25.8 Å². The molecular formula is C14H24ClN3O2S. The fourth-order valence-corrected chi connectivity index (χ4v) is 3.25. The molecule has 1 aromatic heterocycles. The van der Waals surface area contributed by atoms with Crippen LogP contribution in [0.3, 0.4) is 0 Å². The van der Waals surface area contributed by atoms with Crippen LogP contribution in [0.5, 0.6) is 0 Å². The van der Waals surface area contributed by atoms with E-state index >= 15 is 0 Å². The predicted octanol–water partition coefficient (Wildman–Crippen LogP) is 1.22. The lowest BCUT2D eigenvalue weighted by atomic mass is 10.1. The predicted molar refractivity (Wildman–Crippen MR) is 88.3 cm³/mol. The second-order valence-electron chi connectivity index (χ2n) is 4.98. The second-order valence-corrected chi connectivity index (χ2v) is 5.96. The van der Waals surface area contributed by atoms with Crippen molar-refractivity contribution < 1.29 is 9.53 Å². The average molecular weight is 334 g/mol. The summed E-state index contributed by atoms with van der Waals surface area (Å²) in [5, 5.41) is 5.01. The molecule has 7 heteroatoms. The lowest BCUT2D eigenvalue weighted by Crippen LogP contribution is -2.45. The van der Waals surface area contributed by atoms with Gasteiger partial charge in [-0.1, -0.05) is 6.07 Å². The highest BCUT2D eigenvalue weighted by Crippen LogP contribution is 2.26. The van der Waals surface area contributed by atoms with Gasteiger partial charge in [-0.3, -0.25) is 9.69 Å². The van der Waals surface area contributed by atoms with Crippen LogP contribution >= 0.6 is 23.7 Å². The van der Waals surface area contributed by atoms with E-state index in [1.54, 1.807) is 18.4 Å². The van der Waals surface area contributed by atoms with Gasteiger partial charge in [0.25, 0.3) is 0 Å². The van der Waals surface area contributed by atoms with Crippen LogP contribution < -0.4 is 5.32 Å². The van der Waals surface area contributed by atoms with Crippen LogP contribution in [-0.2, 0) is 9.53 Å². The molecular weight excluding hydrogens is 310 g/mol. The Kier molecular flexibility index (Phi) is 8.21. The molecule has 0 aliphatic carbocycles. The van der Waals surface area contributed by atoms with Crippen molar-refractivity contribution in [2.75, 3.05) is 53.5 Å². The van der Waals surface area contributed by atoms with Crippen LogP contribution in [0.4, 0.5) is 0 Å². The van der Waals surface area contributed by atoms with Crippen molar-refractivity contribution >= 4 is 29.7 Å². The molecule has 1 atom stereocenters. The van der Waals surface area contributed by atoms with E-state index in [0.29, 0.717) is 6.54 Å². The molecule has 1 saturated heterocycles. The van der Waals surface area contributed by atoms with E-state index in [4.69, 9.17) is 4.74 Å². The second kappa shape index (κ2) is 9.38. The molecule has 2 rings (SSSR count). The lowest BCUT2D eigenvalue weighted by Gasteiger charge is -2.36. The number of carbonyl (C=O) groups is 1. The van der Waals surface area contributed by atoms with Gasteiger partial charge in [-0.2, -0.15) is 0 Å². The Morgan fingerprint density at radius 3 is 2.81 bits per heavy atom. The molecule has 0 bridgehead atoms. The molecule has 1 aliphatic rings. The summed E-state index contributed by atoms with van der Waals surface area (Å²) in [6, 6.07) is 4.49. The molecule has 21 heavy (non-hydrogen) atoms. The Morgan fingerprint density at radius 1 is 1.52 bits per heavy atom. The SMILES string of the molecule is CNCC(=O)N(C)CC(c1cccs1)N1CCOCC1.Cl. The Morgan fingerprint density at radius 2 is 2.24 bits per heavy atom. The monoisotopic (exact) mass is 333 g/mol. The van der Waals surface area contributed by atoms with Gasteiger partial charge in [-0.05, 0) is 18.5 Å². The number of carbonyl (C=O) groups excluding carboxylic acids is 1. The maximum absolute atomic E-state index is 12.0.